The van der Waals surface area contributed by atoms with E-state index in [0.717, 1.165) is 55.6 Å². The molecule has 0 aliphatic carbocycles. The number of furan rings is 1. The first-order valence-corrected chi connectivity index (χ1v) is 16.5. The van der Waals surface area contributed by atoms with E-state index in [1.54, 1.807) is 0 Å². The predicted molar refractivity (Wildman–Crippen MR) is 202 cm³/mol. The molecule has 0 aliphatic heterocycles. The average Bonchev–Trinajstić information content (AvgIpc) is 3.57. The molecule has 0 unspecified atom stereocenters. The van der Waals surface area contributed by atoms with Gasteiger partial charge in [0.25, 0.3) is 0 Å². The Morgan fingerprint density at radius 3 is 1.35 bits per heavy atom. The van der Waals surface area contributed by atoms with Crippen LogP contribution in [0, 0.1) is 0 Å². The Bertz CT molecular complexity index is 2590. The first-order valence-electron chi connectivity index (χ1n) is 16.5. The van der Waals surface area contributed by atoms with Crippen LogP contribution in [0.4, 0.5) is 0 Å². The predicted octanol–water partition coefficient (Wildman–Crippen LogP) is 12.4. The highest BCUT2D eigenvalue weighted by Crippen LogP contribution is 2.37. The van der Waals surface area contributed by atoms with Crippen LogP contribution in [0.1, 0.15) is 0 Å². The Labute approximate surface area is 284 Å². The number of hydrogen-bond acceptors (Lipinski definition) is 3. The normalized spacial score (nSPS) is 11.3. The monoisotopic (exact) mass is 626 g/mol. The summed E-state index contributed by atoms with van der Waals surface area (Å²) in [6.45, 7) is 0. The van der Waals surface area contributed by atoms with Gasteiger partial charge in [-0.1, -0.05) is 152 Å². The first-order chi connectivity index (χ1) is 24.3. The molecule has 0 radical (unpaired) electrons. The fourth-order valence-corrected chi connectivity index (χ4v) is 6.59. The first kappa shape index (κ1) is 28.6. The zero-order valence-corrected chi connectivity index (χ0v) is 26.6. The molecule has 0 spiro atoms. The lowest BCUT2D eigenvalue weighted by molar-refractivity contribution is 0.667. The lowest BCUT2D eigenvalue weighted by Gasteiger charge is -2.10. The maximum Gasteiger partial charge on any atom is 0.180 e. The highest BCUT2D eigenvalue weighted by Gasteiger charge is 2.19. The van der Waals surface area contributed by atoms with Crippen molar-refractivity contribution in [2.24, 2.45) is 0 Å². The third-order valence-electron chi connectivity index (χ3n) is 9.10. The zero-order chi connectivity index (χ0) is 32.6. The largest absolute Gasteiger partial charge is 0.452 e. The topological polar surface area (TPSA) is 38.9 Å². The summed E-state index contributed by atoms with van der Waals surface area (Å²) in [4.78, 5) is 10.3. The summed E-state index contributed by atoms with van der Waals surface area (Å²) in [5.41, 5.74) is 14.3. The Morgan fingerprint density at radius 2 is 0.755 bits per heavy atom. The summed E-state index contributed by atoms with van der Waals surface area (Å²) in [6, 6.07) is 63.5. The molecule has 0 saturated heterocycles. The summed E-state index contributed by atoms with van der Waals surface area (Å²) in [5.74, 6) is 0.662. The molecule has 7 aromatic carbocycles. The minimum absolute atomic E-state index is 0.662. The van der Waals surface area contributed by atoms with E-state index in [-0.39, 0.29) is 0 Å². The summed E-state index contributed by atoms with van der Waals surface area (Å²) in [5, 5.41) is 0.977. The van der Waals surface area contributed by atoms with Gasteiger partial charge in [0.1, 0.15) is 16.8 Å². The van der Waals surface area contributed by atoms with Crippen molar-refractivity contribution in [3.63, 3.8) is 0 Å². The molecular weight excluding hydrogens is 597 g/mol. The number of benzene rings is 7. The van der Waals surface area contributed by atoms with Crippen molar-refractivity contribution in [3.8, 4) is 67.2 Å². The SMILES string of the molecule is c1ccc(-c2cccc(-c3ccc(-c4cccc(-c5nc(-c6cccc(-c7ccccc7)c6)c6oc7ccccc7c6n5)c4)cc3)c2)cc1. The molecule has 0 atom stereocenters. The van der Waals surface area contributed by atoms with Gasteiger partial charge < -0.3 is 4.42 Å². The van der Waals surface area contributed by atoms with Gasteiger partial charge in [-0.25, -0.2) is 9.97 Å². The Morgan fingerprint density at radius 1 is 0.327 bits per heavy atom. The molecule has 3 nitrogen and oxygen atoms in total. The maximum absolute atomic E-state index is 6.42. The molecule has 0 saturated carbocycles. The molecule has 230 valence electrons. The van der Waals surface area contributed by atoms with Gasteiger partial charge in [0.15, 0.2) is 11.4 Å². The minimum atomic E-state index is 0.662. The van der Waals surface area contributed by atoms with E-state index in [2.05, 4.69) is 158 Å². The standard InChI is InChI=1S/C46H30N2O/c1-3-12-31(13-4-1)35-16-9-17-36(28-35)33-24-26-34(27-25-33)38-19-11-21-40(30-38)46-47-43(45-44(48-46)41-22-7-8-23-42(41)49-45)39-20-10-18-37(29-39)32-14-5-2-6-15-32/h1-30H. The van der Waals surface area contributed by atoms with Crippen LogP contribution in [0.2, 0.25) is 0 Å². The van der Waals surface area contributed by atoms with E-state index >= 15 is 0 Å². The van der Waals surface area contributed by atoms with Crippen LogP contribution in [0.5, 0.6) is 0 Å². The lowest BCUT2D eigenvalue weighted by Crippen LogP contribution is -1.94. The molecule has 49 heavy (non-hydrogen) atoms. The molecule has 0 bridgehead atoms. The summed E-state index contributed by atoms with van der Waals surface area (Å²) < 4.78 is 6.42. The zero-order valence-electron chi connectivity index (χ0n) is 26.6. The van der Waals surface area contributed by atoms with Gasteiger partial charge in [-0.3, -0.25) is 0 Å². The Balaban J connectivity index is 1.11. The number of fused-ring (bicyclic) bond motifs is 3. The molecule has 0 fully saturated rings. The average molecular weight is 627 g/mol. The third kappa shape index (κ3) is 5.48. The highest BCUT2D eigenvalue weighted by molar-refractivity contribution is 6.07. The van der Waals surface area contributed by atoms with Crippen LogP contribution in [-0.4, -0.2) is 9.97 Å². The van der Waals surface area contributed by atoms with Crippen LogP contribution in [0.3, 0.4) is 0 Å². The van der Waals surface area contributed by atoms with Crippen molar-refractivity contribution in [3.05, 3.63) is 182 Å². The second kappa shape index (κ2) is 12.2. The van der Waals surface area contributed by atoms with Crippen molar-refractivity contribution in [1.82, 2.24) is 9.97 Å². The van der Waals surface area contributed by atoms with Crippen molar-refractivity contribution in [2.45, 2.75) is 0 Å². The van der Waals surface area contributed by atoms with Gasteiger partial charge in [-0.15, -0.1) is 0 Å². The molecule has 0 N–H and O–H groups in total. The summed E-state index contributed by atoms with van der Waals surface area (Å²) >= 11 is 0. The van der Waals surface area contributed by atoms with Crippen LogP contribution in [0.25, 0.3) is 89.2 Å². The molecule has 0 aliphatic rings. The number of rotatable bonds is 6. The van der Waals surface area contributed by atoms with E-state index in [4.69, 9.17) is 14.4 Å². The van der Waals surface area contributed by atoms with Crippen LogP contribution in [-0.2, 0) is 0 Å². The van der Waals surface area contributed by atoms with Crippen LogP contribution < -0.4 is 0 Å². The molecule has 3 heteroatoms. The molecule has 9 rings (SSSR count). The molecule has 2 aromatic heterocycles. The van der Waals surface area contributed by atoms with Gasteiger partial charge in [-0.05, 0) is 74.8 Å². The van der Waals surface area contributed by atoms with Crippen molar-refractivity contribution < 1.29 is 4.42 Å². The van der Waals surface area contributed by atoms with Crippen LogP contribution >= 0.6 is 0 Å². The van der Waals surface area contributed by atoms with E-state index < -0.39 is 0 Å². The number of para-hydroxylation sites is 1. The number of nitrogens with zero attached hydrogens (tertiary/aromatic N) is 2. The fraction of sp³-hybridized carbons (Fsp3) is 0. The van der Waals surface area contributed by atoms with Gasteiger partial charge in [0.2, 0.25) is 0 Å². The third-order valence-corrected chi connectivity index (χ3v) is 9.10. The lowest BCUT2D eigenvalue weighted by atomic mass is 9.96. The van der Waals surface area contributed by atoms with E-state index in [1.807, 2.05) is 24.3 Å². The Hall–Kier alpha value is -6.58. The quantitative estimate of drug-likeness (QED) is 0.184. The van der Waals surface area contributed by atoms with E-state index in [0.29, 0.717) is 11.4 Å². The molecule has 9 aromatic rings. The van der Waals surface area contributed by atoms with E-state index in [1.165, 1.54) is 22.3 Å². The molecular formula is C46H30N2O. The Kier molecular flexibility index (Phi) is 7.14. The summed E-state index contributed by atoms with van der Waals surface area (Å²) in [6.07, 6.45) is 0. The van der Waals surface area contributed by atoms with Crippen molar-refractivity contribution in [1.29, 1.82) is 0 Å². The second-order valence-corrected chi connectivity index (χ2v) is 12.2. The van der Waals surface area contributed by atoms with Crippen LogP contribution in [0.15, 0.2) is 186 Å². The maximum atomic E-state index is 6.42. The van der Waals surface area contributed by atoms with Gasteiger partial charge in [0.05, 0.1) is 0 Å². The molecule has 0 amide bonds. The van der Waals surface area contributed by atoms with E-state index in [9.17, 15) is 0 Å². The van der Waals surface area contributed by atoms with Gasteiger partial charge in [0, 0.05) is 16.5 Å². The van der Waals surface area contributed by atoms with Crippen molar-refractivity contribution >= 4 is 22.1 Å². The minimum Gasteiger partial charge on any atom is -0.452 e. The van der Waals surface area contributed by atoms with Crippen molar-refractivity contribution in [2.75, 3.05) is 0 Å². The highest BCUT2D eigenvalue weighted by atomic mass is 16.3. The number of hydrogen-bond donors (Lipinski definition) is 0. The van der Waals surface area contributed by atoms with Gasteiger partial charge in [-0.2, -0.15) is 0 Å². The molecule has 2 heterocycles. The smallest absolute Gasteiger partial charge is 0.180 e. The second-order valence-electron chi connectivity index (χ2n) is 12.2. The summed E-state index contributed by atoms with van der Waals surface area (Å²) in [7, 11) is 0. The number of aromatic nitrogens is 2. The van der Waals surface area contributed by atoms with Gasteiger partial charge >= 0.3 is 0 Å². The fourth-order valence-electron chi connectivity index (χ4n) is 6.59.